The van der Waals surface area contributed by atoms with Gasteiger partial charge in [0.2, 0.25) is 10.0 Å². The van der Waals surface area contributed by atoms with Crippen LogP contribution in [0.2, 0.25) is 0 Å². The number of ether oxygens (including phenoxy) is 2. The Bertz CT molecular complexity index is 1050. The van der Waals surface area contributed by atoms with Gasteiger partial charge in [-0.15, -0.1) is 0 Å². The number of fused-ring (bicyclic) bond motifs is 1. The van der Waals surface area contributed by atoms with Crippen molar-refractivity contribution in [3.63, 3.8) is 0 Å². The van der Waals surface area contributed by atoms with Gasteiger partial charge in [-0.1, -0.05) is 6.07 Å². The van der Waals surface area contributed by atoms with Crippen molar-refractivity contribution < 1.29 is 26.3 Å². The van der Waals surface area contributed by atoms with Gasteiger partial charge in [-0.2, -0.15) is 0 Å². The lowest BCUT2D eigenvalue weighted by Gasteiger charge is -2.14. The van der Waals surface area contributed by atoms with E-state index in [2.05, 4.69) is 4.72 Å². The smallest absolute Gasteiger partial charge is 0.262 e. The summed E-state index contributed by atoms with van der Waals surface area (Å²) >= 11 is 0. The van der Waals surface area contributed by atoms with E-state index in [9.17, 15) is 16.8 Å². The number of nitrogens with one attached hydrogen (secondary N) is 1. The van der Waals surface area contributed by atoms with Crippen LogP contribution in [0.3, 0.4) is 0 Å². The van der Waals surface area contributed by atoms with Crippen LogP contribution in [-0.2, 0) is 20.0 Å². The predicted octanol–water partition coefficient (Wildman–Crippen LogP) is 1.90. The highest BCUT2D eigenvalue weighted by Crippen LogP contribution is 2.32. The first-order valence-corrected chi connectivity index (χ1v) is 11.1. The molecule has 0 radical (unpaired) electrons. The van der Waals surface area contributed by atoms with Gasteiger partial charge in [0, 0.05) is 26.6 Å². The van der Waals surface area contributed by atoms with Crippen LogP contribution in [0.4, 0.5) is 5.69 Å². The third kappa shape index (κ3) is 4.18. The molecule has 10 heteroatoms. The zero-order chi connectivity index (χ0) is 19.7. The van der Waals surface area contributed by atoms with E-state index in [4.69, 9.17) is 9.47 Å². The van der Waals surface area contributed by atoms with Crippen molar-refractivity contribution in [3.8, 4) is 11.5 Å². The molecule has 2 aromatic carbocycles. The van der Waals surface area contributed by atoms with E-state index in [1.807, 2.05) is 0 Å². The maximum atomic E-state index is 12.7. The first-order chi connectivity index (χ1) is 12.7. The van der Waals surface area contributed by atoms with Gasteiger partial charge in [0.1, 0.15) is 0 Å². The summed E-state index contributed by atoms with van der Waals surface area (Å²) in [6, 6.07) is 9.98. The number of hydrogen-bond donors (Lipinski definition) is 1. The molecular formula is C17H20N2O6S2. The average Bonchev–Trinajstić information content (AvgIpc) is 2.86. The monoisotopic (exact) mass is 412 g/mol. The molecule has 27 heavy (non-hydrogen) atoms. The van der Waals surface area contributed by atoms with Crippen molar-refractivity contribution in [1.29, 1.82) is 0 Å². The van der Waals surface area contributed by atoms with E-state index in [0.717, 1.165) is 4.31 Å². The van der Waals surface area contributed by atoms with Crippen molar-refractivity contribution in [2.24, 2.45) is 0 Å². The molecule has 1 heterocycles. The van der Waals surface area contributed by atoms with Crippen LogP contribution in [0.5, 0.6) is 11.5 Å². The maximum Gasteiger partial charge on any atom is 0.262 e. The fraction of sp³-hybridized carbons (Fsp3) is 0.294. The molecule has 0 bridgehead atoms. The van der Waals surface area contributed by atoms with Gasteiger partial charge in [0.15, 0.2) is 11.5 Å². The van der Waals surface area contributed by atoms with E-state index < -0.39 is 20.0 Å². The van der Waals surface area contributed by atoms with Gasteiger partial charge in [0.25, 0.3) is 10.0 Å². The van der Waals surface area contributed by atoms with Crippen LogP contribution < -0.4 is 14.2 Å². The molecular weight excluding hydrogens is 392 g/mol. The quantitative estimate of drug-likeness (QED) is 0.805. The Morgan fingerprint density at radius 1 is 0.889 bits per heavy atom. The molecule has 3 rings (SSSR count). The fourth-order valence-electron chi connectivity index (χ4n) is 2.46. The minimum Gasteiger partial charge on any atom is -0.490 e. The Morgan fingerprint density at radius 2 is 1.59 bits per heavy atom. The summed E-state index contributed by atoms with van der Waals surface area (Å²) in [5.74, 6) is 0.852. The maximum absolute atomic E-state index is 12.7. The standard InChI is InChI=1S/C17H20N2O6S2/c1-19(2)27(22,23)15-6-3-5-13(11-15)18-26(20,21)14-7-8-16-17(12-14)25-10-4-9-24-16/h3,5-8,11-12,18H,4,9-10H2,1-2H3. The number of anilines is 1. The Balaban J connectivity index is 1.90. The highest BCUT2D eigenvalue weighted by molar-refractivity contribution is 7.92. The lowest BCUT2D eigenvalue weighted by atomic mass is 10.3. The third-order valence-electron chi connectivity index (χ3n) is 3.89. The molecule has 8 nitrogen and oxygen atoms in total. The molecule has 0 amide bonds. The van der Waals surface area contributed by atoms with Crippen molar-refractivity contribution in [1.82, 2.24) is 4.31 Å². The third-order valence-corrected chi connectivity index (χ3v) is 7.08. The van der Waals surface area contributed by atoms with Crippen LogP contribution in [0.25, 0.3) is 0 Å². The average molecular weight is 412 g/mol. The number of rotatable bonds is 5. The predicted molar refractivity (Wildman–Crippen MR) is 100 cm³/mol. The molecule has 0 aromatic heterocycles. The Morgan fingerprint density at radius 3 is 2.30 bits per heavy atom. The molecule has 146 valence electrons. The Kier molecular flexibility index (Phi) is 5.31. The zero-order valence-electron chi connectivity index (χ0n) is 14.9. The molecule has 0 saturated carbocycles. The second-order valence-electron chi connectivity index (χ2n) is 6.08. The summed E-state index contributed by atoms with van der Waals surface area (Å²) < 4.78 is 64.3. The molecule has 1 N–H and O–H groups in total. The summed E-state index contributed by atoms with van der Waals surface area (Å²) in [4.78, 5) is -0.0148. The van der Waals surface area contributed by atoms with E-state index in [-0.39, 0.29) is 15.5 Å². The van der Waals surface area contributed by atoms with Crippen LogP contribution in [0.1, 0.15) is 6.42 Å². The van der Waals surface area contributed by atoms with Crippen LogP contribution in [0, 0.1) is 0 Å². The number of sulfonamides is 2. The van der Waals surface area contributed by atoms with Gasteiger partial charge in [-0.3, -0.25) is 4.72 Å². The van der Waals surface area contributed by atoms with Crippen LogP contribution in [0.15, 0.2) is 52.3 Å². The molecule has 0 fully saturated rings. The number of nitrogens with zero attached hydrogens (tertiary/aromatic N) is 1. The molecule has 0 saturated heterocycles. The summed E-state index contributed by atoms with van der Waals surface area (Å²) in [6.45, 7) is 0.943. The van der Waals surface area contributed by atoms with Gasteiger partial charge < -0.3 is 9.47 Å². The summed E-state index contributed by atoms with van der Waals surface area (Å²) in [6.07, 6.45) is 0.710. The molecule has 2 aromatic rings. The first-order valence-electron chi connectivity index (χ1n) is 8.15. The molecule has 1 aliphatic rings. The second kappa shape index (κ2) is 7.37. The normalized spacial score (nSPS) is 14.6. The second-order valence-corrected chi connectivity index (χ2v) is 9.91. The van der Waals surface area contributed by atoms with Gasteiger partial charge >= 0.3 is 0 Å². The largest absolute Gasteiger partial charge is 0.490 e. The summed E-state index contributed by atoms with van der Waals surface area (Å²) in [7, 11) is -4.80. The highest BCUT2D eigenvalue weighted by atomic mass is 32.2. The lowest BCUT2D eigenvalue weighted by Crippen LogP contribution is -2.22. The van der Waals surface area contributed by atoms with Gasteiger partial charge in [-0.05, 0) is 30.3 Å². The molecule has 0 aliphatic carbocycles. The molecule has 0 unspecified atom stereocenters. The zero-order valence-corrected chi connectivity index (χ0v) is 16.5. The number of benzene rings is 2. The van der Waals surface area contributed by atoms with Gasteiger partial charge in [-0.25, -0.2) is 21.1 Å². The minimum atomic E-state index is -3.94. The van der Waals surface area contributed by atoms with Crippen molar-refractivity contribution >= 4 is 25.7 Å². The SMILES string of the molecule is CN(C)S(=O)(=O)c1cccc(NS(=O)(=O)c2ccc3c(c2)OCCCO3)c1. The van der Waals surface area contributed by atoms with Crippen molar-refractivity contribution in [2.45, 2.75) is 16.2 Å². The van der Waals surface area contributed by atoms with E-state index in [1.54, 1.807) is 6.07 Å². The minimum absolute atomic E-state index is 0.00683. The summed E-state index contributed by atoms with van der Waals surface area (Å²) in [5, 5.41) is 0. The van der Waals surface area contributed by atoms with Crippen LogP contribution in [-0.4, -0.2) is 48.4 Å². The molecule has 0 atom stereocenters. The van der Waals surface area contributed by atoms with E-state index in [1.165, 1.54) is 50.5 Å². The van der Waals surface area contributed by atoms with Gasteiger partial charge in [0.05, 0.1) is 28.7 Å². The van der Waals surface area contributed by atoms with Crippen LogP contribution >= 0.6 is 0 Å². The highest BCUT2D eigenvalue weighted by Gasteiger charge is 2.21. The lowest BCUT2D eigenvalue weighted by molar-refractivity contribution is 0.297. The van der Waals surface area contributed by atoms with E-state index >= 15 is 0 Å². The molecule has 0 spiro atoms. The Labute approximate surface area is 158 Å². The number of hydrogen-bond acceptors (Lipinski definition) is 6. The van der Waals surface area contributed by atoms with E-state index in [0.29, 0.717) is 31.1 Å². The topological polar surface area (TPSA) is 102 Å². The fourth-order valence-corrected chi connectivity index (χ4v) is 4.47. The van der Waals surface area contributed by atoms with Crippen molar-refractivity contribution in [2.75, 3.05) is 32.0 Å². The molecule has 1 aliphatic heterocycles. The summed E-state index contributed by atoms with van der Waals surface area (Å²) in [5.41, 5.74) is 0.144. The first kappa shape index (κ1) is 19.5. The van der Waals surface area contributed by atoms with Crippen molar-refractivity contribution in [3.05, 3.63) is 42.5 Å². The Hall–Kier alpha value is -2.30.